The quantitative estimate of drug-likeness (QED) is 0.877. The summed E-state index contributed by atoms with van der Waals surface area (Å²) in [6.45, 7) is 5.32. The van der Waals surface area contributed by atoms with Crippen LogP contribution in [0.1, 0.15) is 56.3 Å². The number of aliphatic hydroxyl groups is 1. The maximum atomic E-state index is 10.6. The third-order valence-corrected chi connectivity index (χ3v) is 3.97. The molecule has 19 heavy (non-hydrogen) atoms. The van der Waals surface area contributed by atoms with Crippen LogP contribution in [0.4, 0.5) is 0 Å². The third kappa shape index (κ3) is 3.28. The van der Waals surface area contributed by atoms with Crippen molar-refractivity contribution < 1.29 is 9.84 Å². The Kier molecular flexibility index (Phi) is 4.83. The molecule has 1 saturated heterocycles. The molecule has 3 nitrogen and oxygen atoms in total. The summed E-state index contributed by atoms with van der Waals surface area (Å²) in [6, 6.07) is 6.28. The zero-order valence-corrected chi connectivity index (χ0v) is 12.1. The molecular weight excluding hydrogens is 238 g/mol. The molecule has 0 spiro atoms. The van der Waals surface area contributed by atoms with Gasteiger partial charge in [-0.25, -0.2) is 0 Å². The summed E-state index contributed by atoms with van der Waals surface area (Å²) in [7, 11) is 1.66. The monoisotopic (exact) mass is 263 g/mol. The summed E-state index contributed by atoms with van der Waals surface area (Å²) in [5, 5.41) is 14.0. The molecule has 2 rings (SSSR count). The molecule has 0 radical (unpaired) electrons. The molecule has 2 N–H and O–H groups in total. The fourth-order valence-corrected chi connectivity index (χ4v) is 2.71. The largest absolute Gasteiger partial charge is 0.496 e. The fourth-order valence-electron chi connectivity index (χ4n) is 2.71. The Labute approximate surface area is 116 Å². The average Bonchev–Trinajstić information content (AvgIpc) is 2.46. The lowest BCUT2D eigenvalue weighted by atomic mass is 9.91. The van der Waals surface area contributed by atoms with Crippen LogP contribution in [0.3, 0.4) is 0 Å². The van der Waals surface area contributed by atoms with Gasteiger partial charge < -0.3 is 15.2 Å². The molecule has 0 saturated carbocycles. The van der Waals surface area contributed by atoms with Crippen LogP contribution in [0.5, 0.6) is 5.75 Å². The first-order valence-electron chi connectivity index (χ1n) is 7.22. The molecule has 1 aromatic carbocycles. The first kappa shape index (κ1) is 14.4. The standard InChI is InChI=1S/C16H25NO2/c1-11(2)12-7-8-15(19-3)13(10-12)16(18)14-6-4-5-9-17-14/h7-8,10-11,14,16-18H,4-6,9H2,1-3H3. The molecule has 2 atom stereocenters. The van der Waals surface area contributed by atoms with Crippen molar-refractivity contribution in [3.8, 4) is 5.75 Å². The van der Waals surface area contributed by atoms with Crippen molar-refractivity contribution in [3.63, 3.8) is 0 Å². The van der Waals surface area contributed by atoms with Gasteiger partial charge in [0.05, 0.1) is 13.2 Å². The van der Waals surface area contributed by atoms with Gasteiger partial charge in [-0.2, -0.15) is 0 Å². The number of aliphatic hydroxyl groups excluding tert-OH is 1. The minimum absolute atomic E-state index is 0.144. The van der Waals surface area contributed by atoms with Gasteiger partial charge in [0.25, 0.3) is 0 Å². The Bertz CT molecular complexity index is 411. The van der Waals surface area contributed by atoms with Gasteiger partial charge in [-0.1, -0.05) is 26.3 Å². The lowest BCUT2D eigenvalue weighted by Crippen LogP contribution is -2.38. The van der Waals surface area contributed by atoms with Gasteiger partial charge in [-0.15, -0.1) is 0 Å². The first-order valence-corrected chi connectivity index (χ1v) is 7.22. The highest BCUT2D eigenvalue weighted by atomic mass is 16.5. The van der Waals surface area contributed by atoms with E-state index in [0.29, 0.717) is 5.92 Å². The van der Waals surface area contributed by atoms with Crippen molar-refractivity contribution >= 4 is 0 Å². The van der Waals surface area contributed by atoms with Crippen molar-refractivity contribution in [1.82, 2.24) is 5.32 Å². The van der Waals surface area contributed by atoms with Crippen molar-refractivity contribution in [2.75, 3.05) is 13.7 Å². The van der Waals surface area contributed by atoms with Crippen LogP contribution in [-0.4, -0.2) is 24.8 Å². The molecule has 0 amide bonds. The van der Waals surface area contributed by atoms with Crippen molar-refractivity contribution in [3.05, 3.63) is 29.3 Å². The van der Waals surface area contributed by atoms with Gasteiger partial charge in [0, 0.05) is 11.6 Å². The van der Waals surface area contributed by atoms with Gasteiger partial charge in [0.2, 0.25) is 0 Å². The maximum absolute atomic E-state index is 10.6. The Morgan fingerprint density at radius 3 is 2.68 bits per heavy atom. The number of ether oxygens (including phenoxy) is 1. The van der Waals surface area contributed by atoms with Crippen LogP contribution >= 0.6 is 0 Å². The molecule has 1 aromatic rings. The number of hydrogen-bond donors (Lipinski definition) is 2. The van der Waals surface area contributed by atoms with E-state index < -0.39 is 6.10 Å². The van der Waals surface area contributed by atoms with E-state index in [4.69, 9.17) is 4.74 Å². The molecule has 3 heteroatoms. The van der Waals surface area contributed by atoms with E-state index in [9.17, 15) is 5.11 Å². The number of benzene rings is 1. The lowest BCUT2D eigenvalue weighted by molar-refractivity contribution is 0.111. The number of hydrogen-bond acceptors (Lipinski definition) is 3. The van der Waals surface area contributed by atoms with E-state index in [1.807, 2.05) is 6.07 Å². The van der Waals surface area contributed by atoms with Gasteiger partial charge in [-0.05, 0) is 43.0 Å². The highest BCUT2D eigenvalue weighted by molar-refractivity contribution is 5.40. The third-order valence-electron chi connectivity index (χ3n) is 3.97. The molecule has 0 aliphatic carbocycles. The smallest absolute Gasteiger partial charge is 0.124 e. The number of rotatable bonds is 4. The topological polar surface area (TPSA) is 41.5 Å². The summed E-state index contributed by atoms with van der Waals surface area (Å²) in [5.41, 5.74) is 2.15. The molecule has 0 aromatic heterocycles. The van der Waals surface area contributed by atoms with Crippen molar-refractivity contribution in [1.29, 1.82) is 0 Å². The highest BCUT2D eigenvalue weighted by Gasteiger charge is 2.25. The predicted molar refractivity (Wildman–Crippen MR) is 77.7 cm³/mol. The molecule has 1 aliphatic heterocycles. The summed E-state index contributed by atoms with van der Waals surface area (Å²) in [4.78, 5) is 0. The van der Waals surface area contributed by atoms with E-state index >= 15 is 0 Å². The number of piperidine rings is 1. The number of methoxy groups -OCH3 is 1. The van der Waals surface area contributed by atoms with E-state index in [-0.39, 0.29) is 6.04 Å². The van der Waals surface area contributed by atoms with Crippen LogP contribution in [-0.2, 0) is 0 Å². The second-order valence-corrected chi connectivity index (χ2v) is 5.66. The van der Waals surface area contributed by atoms with Gasteiger partial charge in [0.15, 0.2) is 0 Å². The van der Waals surface area contributed by atoms with Crippen LogP contribution in [0.15, 0.2) is 18.2 Å². The van der Waals surface area contributed by atoms with E-state index in [2.05, 4.69) is 31.3 Å². The van der Waals surface area contributed by atoms with Crippen LogP contribution in [0.2, 0.25) is 0 Å². The molecule has 2 unspecified atom stereocenters. The second kappa shape index (κ2) is 6.40. The van der Waals surface area contributed by atoms with Crippen molar-refractivity contribution in [2.24, 2.45) is 0 Å². The Balaban J connectivity index is 2.27. The van der Waals surface area contributed by atoms with Gasteiger partial charge in [-0.3, -0.25) is 0 Å². The summed E-state index contributed by atoms with van der Waals surface area (Å²) >= 11 is 0. The van der Waals surface area contributed by atoms with Gasteiger partial charge in [0.1, 0.15) is 5.75 Å². The van der Waals surface area contributed by atoms with E-state index in [1.54, 1.807) is 7.11 Å². The maximum Gasteiger partial charge on any atom is 0.124 e. The fraction of sp³-hybridized carbons (Fsp3) is 0.625. The summed E-state index contributed by atoms with van der Waals surface area (Å²) in [5.74, 6) is 1.24. The van der Waals surface area contributed by atoms with Crippen LogP contribution < -0.4 is 10.1 Å². The SMILES string of the molecule is COc1ccc(C(C)C)cc1C(O)C1CCCCN1. The second-order valence-electron chi connectivity index (χ2n) is 5.66. The normalized spacial score (nSPS) is 21.4. The Hall–Kier alpha value is -1.06. The van der Waals surface area contributed by atoms with Crippen LogP contribution in [0.25, 0.3) is 0 Å². The zero-order valence-electron chi connectivity index (χ0n) is 12.1. The highest BCUT2D eigenvalue weighted by Crippen LogP contribution is 2.32. The molecule has 1 fully saturated rings. The average molecular weight is 263 g/mol. The molecule has 1 heterocycles. The Morgan fingerprint density at radius 2 is 2.11 bits per heavy atom. The van der Waals surface area contributed by atoms with Crippen molar-refractivity contribution in [2.45, 2.75) is 51.2 Å². The minimum atomic E-state index is -0.492. The summed E-state index contributed by atoms with van der Waals surface area (Å²) < 4.78 is 5.40. The molecular formula is C16H25NO2. The lowest BCUT2D eigenvalue weighted by Gasteiger charge is -2.29. The number of nitrogens with one attached hydrogen (secondary N) is 1. The minimum Gasteiger partial charge on any atom is -0.496 e. The summed E-state index contributed by atoms with van der Waals surface area (Å²) in [6.07, 6.45) is 2.91. The van der Waals surface area contributed by atoms with Gasteiger partial charge >= 0.3 is 0 Å². The first-order chi connectivity index (χ1) is 9.13. The van der Waals surface area contributed by atoms with Crippen LogP contribution in [0, 0.1) is 0 Å². The Morgan fingerprint density at radius 1 is 1.32 bits per heavy atom. The van der Waals surface area contributed by atoms with E-state index in [0.717, 1.165) is 24.3 Å². The zero-order chi connectivity index (χ0) is 13.8. The molecule has 106 valence electrons. The molecule has 1 aliphatic rings. The predicted octanol–water partition coefficient (Wildman–Crippen LogP) is 2.99. The molecule has 0 bridgehead atoms. The van der Waals surface area contributed by atoms with E-state index in [1.165, 1.54) is 18.4 Å².